The van der Waals surface area contributed by atoms with Crippen LogP contribution in [0.3, 0.4) is 0 Å². The Bertz CT molecular complexity index is 535. The van der Waals surface area contributed by atoms with Crippen LogP contribution >= 0.6 is 11.8 Å². The molecular formula is C17H22O4S. The fourth-order valence-corrected chi connectivity index (χ4v) is 3.88. The third kappa shape index (κ3) is 4.50. The Balaban J connectivity index is 2.02. The molecule has 1 aliphatic carbocycles. The molecular weight excluding hydrogens is 300 g/mol. The molecule has 0 amide bonds. The summed E-state index contributed by atoms with van der Waals surface area (Å²) in [7, 11) is 0. The van der Waals surface area contributed by atoms with Crippen molar-refractivity contribution in [2.45, 2.75) is 44.3 Å². The van der Waals surface area contributed by atoms with E-state index in [0.717, 1.165) is 0 Å². The third-order valence-corrected chi connectivity index (χ3v) is 5.21. The van der Waals surface area contributed by atoms with Gasteiger partial charge in [0.1, 0.15) is 11.3 Å². The third-order valence-electron chi connectivity index (χ3n) is 3.83. The monoisotopic (exact) mass is 322 g/mol. The summed E-state index contributed by atoms with van der Waals surface area (Å²) < 4.78 is 5.29. The van der Waals surface area contributed by atoms with Crippen LogP contribution in [0, 0.1) is 0 Å². The SMILES string of the molecule is CCOc1ccc(C(=O)CSC2CCCCC2)cc1C(=O)O. The zero-order valence-electron chi connectivity index (χ0n) is 12.8. The van der Waals surface area contributed by atoms with Crippen LogP contribution in [0.2, 0.25) is 0 Å². The number of carboxylic acids is 1. The van der Waals surface area contributed by atoms with Crippen molar-refractivity contribution >= 4 is 23.5 Å². The minimum atomic E-state index is -1.07. The van der Waals surface area contributed by atoms with E-state index in [4.69, 9.17) is 4.74 Å². The first-order chi connectivity index (χ1) is 10.6. The lowest BCUT2D eigenvalue weighted by Crippen LogP contribution is -2.13. The van der Waals surface area contributed by atoms with Gasteiger partial charge in [0.05, 0.1) is 12.4 Å². The van der Waals surface area contributed by atoms with Gasteiger partial charge in [0.2, 0.25) is 0 Å². The van der Waals surface area contributed by atoms with Crippen LogP contribution in [0.5, 0.6) is 5.75 Å². The number of hydrogen-bond acceptors (Lipinski definition) is 4. The number of Topliss-reactive ketones (excluding diaryl/α,β-unsaturated/α-hetero) is 1. The van der Waals surface area contributed by atoms with Gasteiger partial charge in [-0.05, 0) is 38.0 Å². The van der Waals surface area contributed by atoms with E-state index in [1.54, 1.807) is 30.8 Å². The van der Waals surface area contributed by atoms with Crippen LogP contribution in [0.15, 0.2) is 18.2 Å². The molecule has 22 heavy (non-hydrogen) atoms. The molecule has 1 aromatic carbocycles. The molecule has 2 rings (SSSR count). The van der Waals surface area contributed by atoms with Gasteiger partial charge in [0.25, 0.3) is 0 Å². The Labute approximate surface area is 135 Å². The first kappa shape index (κ1) is 16.9. The summed E-state index contributed by atoms with van der Waals surface area (Å²) in [6.07, 6.45) is 6.16. The highest BCUT2D eigenvalue weighted by atomic mass is 32.2. The molecule has 0 radical (unpaired) electrons. The van der Waals surface area contributed by atoms with E-state index in [0.29, 0.717) is 28.9 Å². The Hall–Kier alpha value is -1.49. The summed E-state index contributed by atoms with van der Waals surface area (Å²) in [5, 5.41) is 9.80. The molecule has 0 saturated heterocycles. The molecule has 1 N–H and O–H groups in total. The number of carbonyl (C=O) groups excluding carboxylic acids is 1. The summed E-state index contributed by atoms with van der Waals surface area (Å²) in [6, 6.07) is 4.66. The number of ketones is 1. The molecule has 1 fully saturated rings. The van der Waals surface area contributed by atoms with Crippen LogP contribution in [-0.2, 0) is 0 Å². The molecule has 1 saturated carbocycles. The number of carboxylic acid groups (broad SMARTS) is 1. The van der Waals surface area contributed by atoms with E-state index in [1.807, 2.05) is 0 Å². The first-order valence-electron chi connectivity index (χ1n) is 7.76. The van der Waals surface area contributed by atoms with Crippen molar-refractivity contribution in [2.24, 2.45) is 0 Å². The Kier molecular flexibility index (Phi) is 6.31. The number of ether oxygens (including phenoxy) is 1. The van der Waals surface area contributed by atoms with E-state index in [-0.39, 0.29) is 11.3 Å². The number of benzene rings is 1. The van der Waals surface area contributed by atoms with Crippen molar-refractivity contribution < 1.29 is 19.4 Å². The van der Waals surface area contributed by atoms with E-state index < -0.39 is 5.97 Å². The molecule has 1 aliphatic rings. The minimum Gasteiger partial charge on any atom is -0.493 e. The lowest BCUT2D eigenvalue weighted by molar-refractivity contribution is 0.0692. The smallest absolute Gasteiger partial charge is 0.339 e. The van der Waals surface area contributed by atoms with Crippen molar-refractivity contribution in [3.8, 4) is 5.75 Å². The predicted octanol–water partition coefficient (Wildman–Crippen LogP) is 4.03. The number of hydrogen-bond donors (Lipinski definition) is 1. The second kappa shape index (κ2) is 8.22. The number of rotatable bonds is 7. The molecule has 0 atom stereocenters. The summed E-state index contributed by atoms with van der Waals surface area (Å²) in [4.78, 5) is 23.6. The maximum atomic E-state index is 12.3. The topological polar surface area (TPSA) is 63.6 Å². The minimum absolute atomic E-state index is 0.0129. The standard InChI is InChI=1S/C17H22O4S/c1-2-21-16-9-8-12(10-14(16)17(19)20)15(18)11-22-13-6-4-3-5-7-13/h8-10,13H,2-7,11H2,1H3,(H,19,20). The quantitative estimate of drug-likeness (QED) is 0.768. The number of carbonyl (C=O) groups is 2. The van der Waals surface area contributed by atoms with Crippen LogP contribution in [0.4, 0.5) is 0 Å². The highest BCUT2D eigenvalue weighted by Crippen LogP contribution is 2.29. The first-order valence-corrected chi connectivity index (χ1v) is 8.81. The zero-order valence-corrected chi connectivity index (χ0v) is 13.7. The Morgan fingerprint density at radius 2 is 2.00 bits per heavy atom. The maximum Gasteiger partial charge on any atom is 0.339 e. The molecule has 0 bridgehead atoms. The molecule has 0 aliphatic heterocycles. The zero-order chi connectivity index (χ0) is 15.9. The van der Waals surface area contributed by atoms with Crippen LogP contribution in [0.1, 0.15) is 59.7 Å². The van der Waals surface area contributed by atoms with E-state index in [1.165, 1.54) is 38.2 Å². The van der Waals surface area contributed by atoms with Crippen molar-refractivity contribution in [1.82, 2.24) is 0 Å². The van der Waals surface area contributed by atoms with Gasteiger partial charge in [-0.25, -0.2) is 4.79 Å². The van der Waals surface area contributed by atoms with Crippen molar-refractivity contribution in [2.75, 3.05) is 12.4 Å². The van der Waals surface area contributed by atoms with Crippen molar-refractivity contribution in [3.63, 3.8) is 0 Å². The molecule has 5 heteroatoms. The molecule has 0 spiro atoms. The highest BCUT2D eigenvalue weighted by Gasteiger charge is 2.18. The lowest BCUT2D eigenvalue weighted by Gasteiger charge is -2.20. The average molecular weight is 322 g/mol. The Morgan fingerprint density at radius 3 is 2.64 bits per heavy atom. The average Bonchev–Trinajstić information content (AvgIpc) is 2.54. The Morgan fingerprint density at radius 1 is 1.27 bits per heavy atom. The van der Waals surface area contributed by atoms with Gasteiger partial charge in [0.15, 0.2) is 5.78 Å². The summed E-state index contributed by atoms with van der Waals surface area (Å²) >= 11 is 1.70. The molecule has 0 unspecified atom stereocenters. The largest absolute Gasteiger partial charge is 0.493 e. The predicted molar refractivity (Wildman–Crippen MR) is 88.2 cm³/mol. The molecule has 4 nitrogen and oxygen atoms in total. The lowest BCUT2D eigenvalue weighted by atomic mass is 10.0. The van der Waals surface area contributed by atoms with Gasteiger partial charge in [-0.1, -0.05) is 19.3 Å². The van der Waals surface area contributed by atoms with Crippen molar-refractivity contribution in [3.05, 3.63) is 29.3 Å². The van der Waals surface area contributed by atoms with Gasteiger partial charge in [-0.3, -0.25) is 4.79 Å². The van der Waals surface area contributed by atoms with Gasteiger partial charge in [0, 0.05) is 10.8 Å². The second-order valence-corrected chi connectivity index (χ2v) is 6.73. The number of thioether (sulfide) groups is 1. The molecule has 1 aromatic rings. The van der Waals surface area contributed by atoms with Crippen LogP contribution in [-0.4, -0.2) is 34.5 Å². The number of aromatic carboxylic acids is 1. The van der Waals surface area contributed by atoms with Gasteiger partial charge >= 0.3 is 5.97 Å². The summed E-state index contributed by atoms with van der Waals surface area (Å²) in [5.74, 6) is -0.358. The van der Waals surface area contributed by atoms with Crippen molar-refractivity contribution in [1.29, 1.82) is 0 Å². The summed E-state index contributed by atoms with van der Waals surface area (Å²) in [6.45, 7) is 2.19. The van der Waals surface area contributed by atoms with E-state index in [9.17, 15) is 14.7 Å². The molecule has 120 valence electrons. The second-order valence-electron chi connectivity index (χ2n) is 5.44. The van der Waals surface area contributed by atoms with Crippen LogP contribution < -0.4 is 4.74 Å². The fraction of sp³-hybridized carbons (Fsp3) is 0.529. The fourth-order valence-electron chi connectivity index (χ4n) is 2.66. The van der Waals surface area contributed by atoms with E-state index >= 15 is 0 Å². The van der Waals surface area contributed by atoms with E-state index in [2.05, 4.69) is 0 Å². The highest BCUT2D eigenvalue weighted by molar-refractivity contribution is 8.00. The maximum absolute atomic E-state index is 12.3. The van der Waals surface area contributed by atoms with Gasteiger partial charge < -0.3 is 9.84 Å². The van der Waals surface area contributed by atoms with Gasteiger partial charge in [-0.2, -0.15) is 11.8 Å². The van der Waals surface area contributed by atoms with Crippen LogP contribution in [0.25, 0.3) is 0 Å². The molecule has 0 aromatic heterocycles. The summed E-state index contributed by atoms with van der Waals surface area (Å²) in [5.41, 5.74) is 0.500. The molecule has 0 heterocycles. The normalized spacial score (nSPS) is 15.5. The van der Waals surface area contributed by atoms with Gasteiger partial charge in [-0.15, -0.1) is 0 Å².